The van der Waals surface area contributed by atoms with E-state index in [1.165, 1.54) is 6.42 Å². The first-order valence-electron chi connectivity index (χ1n) is 4.30. The van der Waals surface area contributed by atoms with Crippen molar-refractivity contribution in [2.24, 2.45) is 17.6 Å². The first kappa shape index (κ1) is 7.10. The standard InChI is InChI=1S/C8H14N2O/c9-8(11)6-3-5-1-2-7(6)10-4-5/h5-7,10H,1-4H2,(H2,9,11). The van der Waals surface area contributed by atoms with Crippen LogP contribution in [0.2, 0.25) is 0 Å². The molecule has 0 aromatic rings. The third kappa shape index (κ3) is 1.13. The molecule has 2 bridgehead atoms. The predicted molar refractivity (Wildman–Crippen MR) is 41.8 cm³/mol. The van der Waals surface area contributed by atoms with E-state index in [4.69, 9.17) is 5.73 Å². The fourth-order valence-electron chi connectivity index (χ4n) is 2.32. The van der Waals surface area contributed by atoms with Gasteiger partial charge in [0.1, 0.15) is 0 Å². The lowest BCUT2D eigenvalue weighted by Gasteiger charge is -2.41. The number of nitrogens with one attached hydrogen (secondary N) is 1. The van der Waals surface area contributed by atoms with Gasteiger partial charge in [0, 0.05) is 6.04 Å². The minimum absolute atomic E-state index is 0.113. The summed E-state index contributed by atoms with van der Waals surface area (Å²) in [4.78, 5) is 10.9. The summed E-state index contributed by atoms with van der Waals surface area (Å²) in [5.41, 5.74) is 5.27. The topological polar surface area (TPSA) is 55.1 Å². The largest absolute Gasteiger partial charge is 0.369 e. The number of piperidine rings is 2. The summed E-state index contributed by atoms with van der Waals surface area (Å²) < 4.78 is 0. The van der Waals surface area contributed by atoms with Gasteiger partial charge in [-0.2, -0.15) is 0 Å². The van der Waals surface area contributed by atoms with Gasteiger partial charge in [-0.05, 0) is 31.7 Å². The number of hydrogen-bond acceptors (Lipinski definition) is 2. The van der Waals surface area contributed by atoms with Crippen LogP contribution in [0.3, 0.4) is 0 Å². The number of amides is 1. The average molecular weight is 154 g/mol. The molecule has 1 amide bonds. The van der Waals surface area contributed by atoms with Crippen molar-refractivity contribution in [2.45, 2.75) is 25.3 Å². The summed E-state index contributed by atoms with van der Waals surface area (Å²) in [5, 5.41) is 3.35. The van der Waals surface area contributed by atoms with E-state index in [2.05, 4.69) is 5.32 Å². The van der Waals surface area contributed by atoms with Crippen molar-refractivity contribution in [3.05, 3.63) is 0 Å². The van der Waals surface area contributed by atoms with Crippen LogP contribution in [-0.4, -0.2) is 18.5 Å². The van der Waals surface area contributed by atoms with Crippen molar-refractivity contribution in [1.29, 1.82) is 0 Å². The van der Waals surface area contributed by atoms with Crippen LogP contribution in [0.15, 0.2) is 0 Å². The molecular formula is C8H14N2O. The third-order valence-electron chi connectivity index (χ3n) is 2.99. The van der Waals surface area contributed by atoms with Crippen molar-refractivity contribution in [3.63, 3.8) is 0 Å². The molecule has 2 heterocycles. The number of fused-ring (bicyclic) bond motifs is 3. The first-order valence-corrected chi connectivity index (χ1v) is 4.30. The molecule has 0 aromatic carbocycles. The van der Waals surface area contributed by atoms with Crippen LogP contribution in [0.25, 0.3) is 0 Å². The smallest absolute Gasteiger partial charge is 0.222 e. The second kappa shape index (κ2) is 2.48. The Hall–Kier alpha value is -0.570. The fourth-order valence-corrected chi connectivity index (χ4v) is 2.32. The van der Waals surface area contributed by atoms with Crippen molar-refractivity contribution in [1.82, 2.24) is 5.32 Å². The Kier molecular flexibility index (Phi) is 1.60. The Labute approximate surface area is 66.3 Å². The van der Waals surface area contributed by atoms with Gasteiger partial charge in [0.2, 0.25) is 5.91 Å². The summed E-state index contributed by atoms with van der Waals surface area (Å²) in [5.74, 6) is 0.701. The number of primary amides is 1. The van der Waals surface area contributed by atoms with Gasteiger partial charge in [-0.3, -0.25) is 4.79 Å². The number of hydrogen-bond donors (Lipinski definition) is 2. The van der Waals surface area contributed by atoms with Crippen LogP contribution < -0.4 is 11.1 Å². The Morgan fingerprint density at radius 3 is 2.55 bits per heavy atom. The molecule has 3 nitrogen and oxygen atoms in total. The first-order chi connectivity index (χ1) is 5.27. The highest BCUT2D eigenvalue weighted by atomic mass is 16.1. The highest BCUT2D eigenvalue weighted by Gasteiger charge is 2.37. The number of carbonyl (C=O) groups is 1. The molecule has 3 rings (SSSR count). The molecule has 3 N–H and O–H groups in total. The maximum absolute atomic E-state index is 10.9. The van der Waals surface area contributed by atoms with Crippen LogP contribution in [0.4, 0.5) is 0 Å². The highest BCUT2D eigenvalue weighted by Crippen LogP contribution is 2.33. The summed E-state index contributed by atoms with van der Waals surface area (Å²) in [7, 11) is 0. The van der Waals surface area contributed by atoms with Gasteiger partial charge in [-0.15, -0.1) is 0 Å². The molecule has 1 saturated carbocycles. The van der Waals surface area contributed by atoms with Crippen LogP contribution in [-0.2, 0) is 4.79 Å². The van der Waals surface area contributed by atoms with E-state index in [1.807, 2.05) is 0 Å². The normalized spacial score (nSPS) is 42.4. The Balaban J connectivity index is 2.08. The van der Waals surface area contributed by atoms with Crippen LogP contribution in [0, 0.1) is 11.8 Å². The Bertz CT molecular complexity index is 173. The van der Waals surface area contributed by atoms with Crippen LogP contribution >= 0.6 is 0 Å². The quantitative estimate of drug-likeness (QED) is 0.552. The third-order valence-corrected chi connectivity index (χ3v) is 2.99. The minimum Gasteiger partial charge on any atom is -0.369 e. The lowest BCUT2D eigenvalue weighted by molar-refractivity contribution is -0.125. The summed E-state index contributed by atoms with van der Waals surface area (Å²) in [6.07, 6.45) is 3.44. The predicted octanol–water partition coefficient (Wildman–Crippen LogP) is -0.140. The fraction of sp³-hybridized carbons (Fsp3) is 0.875. The maximum Gasteiger partial charge on any atom is 0.222 e. The van der Waals surface area contributed by atoms with E-state index in [0.717, 1.165) is 19.4 Å². The number of nitrogens with two attached hydrogens (primary N) is 1. The van der Waals surface area contributed by atoms with Gasteiger partial charge >= 0.3 is 0 Å². The maximum atomic E-state index is 10.9. The van der Waals surface area contributed by atoms with Gasteiger partial charge in [-0.1, -0.05) is 0 Å². The van der Waals surface area contributed by atoms with Gasteiger partial charge in [-0.25, -0.2) is 0 Å². The van der Waals surface area contributed by atoms with Crippen molar-refractivity contribution < 1.29 is 4.79 Å². The molecule has 62 valence electrons. The molecule has 3 heteroatoms. The Morgan fingerprint density at radius 2 is 2.27 bits per heavy atom. The minimum atomic E-state index is -0.119. The van der Waals surface area contributed by atoms with E-state index >= 15 is 0 Å². The molecule has 11 heavy (non-hydrogen) atoms. The molecule has 3 aliphatic rings. The summed E-state index contributed by atoms with van der Waals surface area (Å²) >= 11 is 0. The van der Waals surface area contributed by atoms with Crippen molar-refractivity contribution in [3.8, 4) is 0 Å². The summed E-state index contributed by atoms with van der Waals surface area (Å²) in [6, 6.07) is 0.387. The lowest BCUT2D eigenvalue weighted by atomic mass is 9.74. The average Bonchev–Trinajstić information content (AvgIpc) is 2.06. The van der Waals surface area contributed by atoms with Crippen LogP contribution in [0.1, 0.15) is 19.3 Å². The molecule has 2 aliphatic heterocycles. The van der Waals surface area contributed by atoms with Gasteiger partial charge < -0.3 is 11.1 Å². The zero-order chi connectivity index (χ0) is 7.84. The summed E-state index contributed by atoms with van der Waals surface area (Å²) in [6.45, 7) is 1.09. The molecule has 0 radical (unpaired) electrons. The van der Waals surface area contributed by atoms with Crippen LogP contribution in [0.5, 0.6) is 0 Å². The van der Waals surface area contributed by atoms with E-state index < -0.39 is 0 Å². The molecule has 3 fully saturated rings. The number of rotatable bonds is 1. The molecule has 2 saturated heterocycles. The lowest BCUT2D eigenvalue weighted by Crippen LogP contribution is -2.54. The van der Waals surface area contributed by atoms with Crippen molar-refractivity contribution >= 4 is 5.91 Å². The van der Waals surface area contributed by atoms with E-state index in [0.29, 0.717) is 12.0 Å². The Morgan fingerprint density at radius 1 is 1.45 bits per heavy atom. The molecular weight excluding hydrogens is 140 g/mol. The number of carbonyl (C=O) groups excluding carboxylic acids is 1. The molecule has 0 aromatic heterocycles. The van der Waals surface area contributed by atoms with E-state index in [9.17, 15) is 4.79 Å². The monoisotopic (exact) mass is 154 g/mol. The molecule has 3 unspecified atom stereocenters. The van der Waals surface area contributed by atoms with E-state index in [-0.39, 0.29) is 11.8 Å². The highest BCUT2D eigenvalue weighted by molar-refractivity contribution is 5.77. The van der Waals surface area contributed by atoms with E-state index in [1.54, 1.807) is 0 Å². The van der Waals surface area contributed by atoms with Gasteiger partial charge in [0.15, 0.2) is 0 Å². The zero-order valence-electron chi connectivity index (χ0n) is 6.55. The van der Waals surface area contributed by atoms with Gasteiger partial charge in [0.05, 0.1) is 5.92 Å². The molecule has 0 spiro atoms. The zero-order valence-corrected chi connectivity index (χ0v) is 6.55. The van der Waals surface area contributed by atoms with Gasteiger partial charge in [0.25, 0.3) is 0 Å². The SMILES string of the molecule is NC(=O)C1CC2CCC1NC2. The molecule has 1 aliphatic carbocycles. The molecule has 3 atom stereocenters. The second-order valence-electron chi connectivity index (χ2n) is 3.70. The second-order valence-corrected chi connectivity index (χ2v) is 3.70. The van der Waals surface area contributed by atoms with Crippen molar-refractivity contribution in [2.75, 3.05) is 6.54 Å².